The lowest BCUT2D eigenvalue weighted by atomic mass is 9.98. The van der Waals surface area contributed by atoms with Gasteiger partial charge < -0.3 is 9.47 Å². The molecule has 3 heterocycles. The molecule has 1 atom stereocenters. The number of nitrogens with one attached hydrogen (secondary N) is 1. The number of amides is 1. The number of esters is 1. The molecule has 182 valence electrons. The molecule has 0 aromatic carbocycles. The summed E-state index contributed by atoms with van der Waals surface area (Å²) in [5.41, 5.74) is 0.172. The third-order valence-corrected chi connectivity index (χ3v) is 7.87. The predicted molar refractivity (Wildman–Crippen MR) is 129 cm³/mol. The maximum Gasteiger partial charge on any atom is 0.348 e. The van der Waals surface area contributed by atoms with Crippen LogP contribution < -0.4 is 10.9 Å². The average molecular weight is 506 g/mol. The SMILES string of the molecule is CCC(C(=O)Nc1nnc(COC)s1)n1cnc2sc(C(=O)OC3CCCCC3)c(C)c2c1=O. The summed E-state index contributed by atoms with van der Waals surface area (Å²) in [5.74, 6) is -0.804. The van der Waals surface area contributed by atoms with Crippen molar-refractivity contribution in [2.75, 3.05) is 12.4 Å². The van der Waals surface area contributed by atoms with Gasteiger partial charge in [0.2, 0.25) is 11.0 Å². The minimum atomic E-state index is -0.795. The van der Waals surface area contributed by atoms with Gasteiger partial charge >= 0.3 is 5.97 Å². The molecule has 1 unspecified atom stereocenters. The van der Waals surface area contributed by atoms with Crippen molar-refractivity contribution in [2.24, 2.45) is 0 Å². The van der Waals surface area contributed by atoms with Crippen LogP contribution in [0.2, 0.25) is 0 Å². The Hall–Kier alpha value is -2.70. The van der Waals surface area contributed by atoms with Crippen LogP contribution in [0.4, 0.5) is 5.13 Å². The Kier molecular flexibility index (Phi) is 7.69. The first-order valence-corrected chi connectivity index (χ1v) is 12.9. The number of methoxy groups -OCH3 is 1. The Morgan fingerprint density at radius 1 is 1.24 bits per heavy atom. The zero-order chi connectivity index (χ0) is 24.2. The summed E-state index contributed by atoms with van der Waals surface area (Å²) in [6, 6.07) is -0.795. The minimum absolute atomic E-state index is 0.0756. The Morgan fingerprint density at radius 3 is 2.71 bits per heavy atom. The van der Waals surface area contributed by atoms with Crippen molar-refractivity contribution < 1.29 is 19.1 Å². The Labute approximate surface area is 204 Å². The highest BCUT2D eigenvalue weighted by Crippen LogP contribution is 2.30. The van der Waals surface area contributed by atoms with Crippen LogP contribution >= 0.6 is 22.7 Å². The van der Waals surface area contributed by atoms with Gasteiger partial charge in [0, 0.05) is 7.11 Å². The molecular formula is C22H27N5O5S2. The first-order valence-electron chi connectivity index (χ1n) is 11.3. The van der Waals surface area contributed by atoms with E-state index in [-0.39, 0.29) is 11.7 Å². The highest BCUT2D eigenvalue weighted by Gasteiger charge is 2.27. The van der Waals surface area contributed by atoms with E-state index >= 15 is 0 Å². The van der Waals surface area contributed by atoms with Crippen LogP contribution in [-0.2, 0) is 20.9 Å². The number of hydrogen-bond acceptors (Lipinski definition) is 10. The molecular weight excluding hydrogens is 478 g/mol. The fourth-order valence-electron chi connectivity index (χ4n) is 4.12. The van der Waals surface area contributed by atoms with Gasteiger partial charge in [0.15, 0.2) is 0 Å². The number of hydrogen-bond donors (Lipinski definition) is 1. The van der Waals surface area contributed by atoms with Crippen LogP contribution in [0.25, 0.3) is 10.2 Å². The molecule has 1 amide bonds. The van der Waals surface area contributed by atoms with Crippen molar-refractivity contribution in [2.45, 2.75) is 71.1 Å². The standard InChI is InChI=1S/C22H27N5O5S2/c1-4-14(18(28)24-22-26-25-15(33-22)10-31-3)27-11-23-19-16(20(27)29)12(2)17(34-19)21(30)32-13-8-6-5-7-9-13/h11,13-14H,4-10H2,1-3H3,(H,24,26,28). The highest BCUT2D eigenvalue weighted by molar-refractivity contribution is 7.20. The van der Waals surface area contributed by atoms with Crippen LogP contribution in [0.3, 0.4) is 0 Å². The van der Waals surface area contributed by atoms with Gasteiger partial charge in [-0.3, -0.25) is 19.5 Å². The van der Waals surface area contributed by atoms with Gasteiger partial charge in [-0.25, -0.2) is 9.78 Å². The molecule has 0 radical (unpaired) electrons. The van der Waals surface area contributed by atoms with Crippen molar-refractivity contribution in [3.05, 3.63) is 32.1 Å². The minimum Gasteiger partial charge on any atom is -0.458 e. The van der Waals surface area contributed by atoms with Crippen molar-refractivity contribution in [1.82, 2.24) is 19.7 Å². The molecule has 1 aliphatic carbocycles. The maximum atomic E-state index is 13.4. The number of thiophene rings is 1. The Morgan fingerprint density at radius 2 is 2.00 bits per heavy atom. The van der Waals surface area contributed by atoms with Gasteiger partial charge in [-0.1, -0.05) is 24.7 Å². The Balaban J connectivity index is 1.58. The second kappa shape index (κ2) is 10.7. The number of anilines is 1. The van der Waals surface area contributed by atoms with Crippen LogP contribution in [0.15, 0.2) is 11.1 Å². The van der Waals surface area contributed by atoms with E-state index in [1.54, 1.807) is 14.0 Å². The van der Waals surface area contributed by atoms with Gasteiger partial charge in [-0.15, -0.1) is 21.5 Å². The number of aryl methyl sites for hydroxylation is 1. The lowest BCUT2D eigenvalue weighted by Gasteiger charge is -2.21. The molecule has 10 nitrogen and oxygen atoms in total. The molecule has 4 rings (SSSR count). The fraction of sp³-hybridized carbons (Fsp3) is 0.545. The molecule has 0 spiro atoms. The van der Waals surface area contributed by atoms with Gasteiger partial charge in [0.1, 0.15) is 33.5 Å². The second-order valence-electron chi connectivity index (χ2n) is 8.21. The highest BCUT2D eigenvalue weighted by atomic mass is 32.1. The van der Waals surface area contributed by atoms with E-state index in [0.29, 0.717) is 43.8 Å². The van der Waals surface area contributed by atoms with E-state index < -0.39 is 17.9 Å². The molecule has 12 heteroatoms. The van der Waals surface area contributed by atoms with Crippen molar-refractivity contribution in [3.8, 4) is 0 Å². The first kappa shape index (κ1) is 24.4. The molecule has 3 aromatic heterocycles. The lowest BCUT2D eigenvalue weighted by molar-refractivity contribution is -0.119. The summed E-state index contributed by atoms with van der Waals surface area (Å²) in [6.07, 6.45) is 6.67. The van der Waals surface area contributed by atoms with Gasteiger partial charge in [0.05, 0.1) is 11.7 Å². The van der Waals surface area contributed by atoms with Crippen LogP contribution in [-0.4, -0.2) is 44.8 Å². The number of rotatable bonds is 8. The van der Waals surface area contributed by atoms with E-state index in [1.807, 2.05) is 6.92 Å². The fourth-order valence-corrected chi connectivity index (χ4v) is 5.86. The maximum absolute atomic E-state index is 13.4. The third kappa shape index (κ3) is 5.03. The predicted octanol–water partition coefficient (Wildman–Crippen LogP) is 3.84. The zero-order valence-electron chi connectivity index (χ0n) is 19.3. The second-order valence-corrected chi connectivity index (χ2v) is 10.3. The number of carbonyl (C=O) groups is 2. The van der Waals surface area contributed by atoms with E-state index in [0.717, 1.165) is 37.0 Å². The normalized spacial score (nSPS) is 15.4. The molecule has 1 aliphatic rings. The summed E-state index contributed by atoms with van der Waals surface area (Å²) < 4.78 is 12.0. The van der Waals surface area contributed by atoms with Crippen molar-refractivity contribution >= 4 is 49.9 Å². The van der Waals surface area contributed by atoms with Gasteiger partial charge in [-0.05, 0) is 44.6 Å². The molecule has 1 N–H and O–H groups in total. The zero-order valence-corrected chi connectivity index (χ0v) is 21.0. The van der Waals surface area contributed by atoms with Crippen LogP contribution in [0.1, 0.15) is 71.7 Å². The summed E-state index contributed by atoms with van der Waals surface area (Å²) in [4.78, 5) is 44.4. The monoisotopic (exact) mass is 505 g/mol. The molecule has 1 saturated carbocycles. The molecule has 0 saturated heterocycles. The van der Waals surface area contributed by atoms with E-state index in [1.165, 1.54) is 28.7 Å². The third-order valence-electron chi connectivity index (χ3n) is 5.88. The number of ether oxygens (including phenoxy) is 2. The quantitative estimate of drug-likeness (QED) is 0.458. The van der Waals surface area contributed by atoms with E-state index in [2.05, 4.69) is 20.5 Å². The van der Waals surface area contributed by atoms with Crippen LogP contribution in [0, 0.1) is 6.92 Å². The van der Waals surface area contributed by atoms with Gasteiger partial charge in [0.25, 0.3) is 5.56 Å². The molecule has 34 heavy (non-hydrogen) atoms. The summed E-state index contributed by atoms with van der Waals surface area (Å²) in [5, 5.41) is 11.9. The number of aromatic nitrogens is 4. The van der Waals surface area contributed by atoms with E-state index in [4.69, 9.17) is 9.47 Å². The van der Waals surface area contributed by atoms with Crippen molar-refractivity contribution in [1.29, 1.82) is 0 Å². The molecule has 0 aliphatic heterocycles. The largest absolute Gasteiger partial charge is 0.458 e. The topological polar surface area (TPSA) is 125 Å². The summed E-state index contributed by atoms with van der Waals surface area (Å²) in [6.45, 7) is 3.84. The van der Waals surface area contributed by atoms with Gasteiger partial charge in [-0.2, -0.15) is 0 Å². The van der Waals surface area contributed by atoms with Crippen molar-refractivity contribution in [3.63, 3.8) is 0 Å². The molecule has 1 fully saturated rings. The first-order chi connectivity index (χ1) is 16.4. The summed E-state index contributed by atoms with van der Waals surface area (Å²) in [7, 11) is 1.55. The Bertz CT molecular complexity index is 1240. The number of nitrogens with zero attached hydrogens (tertiary/aromatic N) is 4. The van der Waals surface area contributed by atoms with Crippen LogP contribution in [0.5, 0.6) is 0 Å². The molecule has 3 aromatic rings. The molecule has 0 bridgehead atoms. The smallest absolute Gasteiger partial charge is 0.348 e. The lowest BCUT2D eigenvalue weighted by Crippen LogP contribution is -2.33. The number of carbonyl (C=O) groups excluding carboxylic acids is 2. The summed E-state index contributed by atoms with van der Waals surface area (Å²) >= 11 is 2.36. The average Bonchev–Trinajstić information content (AvgIpc) is 3.41. The van der Waals surface area contributed by atoms with E-state index in [9.17, 15) is 14.4 Å². The number of fused-ring (bicyclic) bond motifs is 1.